The second-order valence-corrected chi connectivity index (χ2v) is 10.5. The first-order chi connectivity index (χ1) is 16.3. The molecule has 0 unspecified atom stereocenters. The summed E-state index contributed by atoms with van der Waals surface area (Å²) in [6.45, 7) is 3.05. The Balaban J connectivity index is 1.12. The van der Waals surface area contributed by atoms with Crippen molar-refractivity contribution in [3.8, 4) is 10.9 Å². The number of hydrogen-bond donors (Lipinski definition) is 1. The minimum absolute atomic E-state index is 0.613. The second kappa shape index (κ2) is 7.66. The van der Waals surface area contributed by atoms with Gasteiger partial charge < -0.3 is 9.72 Å². The van der Waals surface area contributed by atoms with Crippen LogP contribution in [0.3, 0.4) is 0 Å². The minimum Gasteiger partial charge on any atom is -0.431 e. The normalized spacial score (nSPS) is 14.3. The highest BCUT2D eigenvalue weighted by atomic mass is 32.1. The fourth-order valence-electron chi connectivity index (χ4n) is 4.72. The molecule has 2 aromatic carbocycles. The predicted octanol–water partition coefficient (Wildman–Crippen LogP) is 6.74. The maximum Gasteiger partial charge on any atom is 0.281 e. The molecular formula is C26H20N4OS2. The molecule has 162 valence electrons. The van der Waals surface area contributed by atoms with Crippen LogP contribution in [0.4, 0.5) is 0 Å². The van der Waals surface area contributed by atoms with Crippen molar-refractivity contribution < 1.29 is 4.74 Å². The van der Waals surface area contributed by atoms with Gasteiger partial charge in [-0.05, 0) is 53.3 Å². The summed E-state index contributed by atoms with van der Waals surface area (Å²) >= 11 is 3.47. The van der Waals surface area contributed by atoms with E-state index in [0.29, 0.717) is 5.19 Å². The molecule has 0 amide bonds. The van der Waals surface area contributed by atoms with Gasteiger partial charge >= 0.3 is 0 Å². The summed E-state index contributed by atoms with van der Waals surface area (Å²) in [6.07, 6.45) is 5.02. The lowest BCUT2D eigenvalue weighted by atomic mass is 10.0. The number of ether oxygens (including phenoxy) is 1. The highest BCUT2D eigenvalue weighted by molar-refractivity contribution is 7.20. The van der Waals surface area contributed by atoms with Gasteiger partial charge in [0.05, 0.1) is 4.70 Å². The number of fused-ring (bicyclic) bond motifs is 5. The van der Waals surface area contributed by atoms with Gasteiger partial charge in [-0.3, -0.25) is 4.90 Å². The Kier molecular flexibility index (Phi) is 4.46. The number of nitrogens with zero attached hydrogens (tertiary/aromatic N) is 3. The van der Waals surface area contributed by atoms with Crippen LogP contribution in [0.1, 0.15) is 16.0 Å². The molecular weight excluding hydrogens is 448 g/mol. The lowest BCUT2D eigenvalue weighted by molar-refractivity contribution is 0.249. The van der Waals surface area contributed by atoms with Gasteiger partial charge in [0.15, 0.2) is 5.65 Å². The standard InChI is InChI=1S/C26H20N4OS2/c1-2-5-22-19(4-1)20-15-30(11-9-23(20)32-22)14-16-13-28-21-12-17(7-8-18(16)21)31-26-29-25-24(33-26)6-3-10-27-25/h1-8,10,12-13,28H,9,11,14-15H2. The highest BCUT2D eigenvalue weighted by Crippen LogP contribution is 2.36. The highest BCUT2D eigenvalue weighted by Gasteiger charge is 2.21. The average molecular weight is 469 g/mol. The van der Waals surface area contributed by atoms with Crippen LogP contribution < -0.4 is 4.74 Å². The quantitative estimate of drug-likeness (QED) is 0.311. The Bertz CT molecular complexity index is 1600. The third kappa shape index (κ3) is 3.40. The van der Waals surface area contributed by atoms with Crippen molar-refractivity contribution in [1.29, 1.82) is 0 Å². The maximum atomic E-state index is 6.04. The molecule has 1 N–H and O–H groups in total. The molecule has 6 aromatic rings. The number of hydrogen-bond acceptors (Lipinski definition) is 6. The molecule has 5 nitrogen and oxygen atoms in total. The number of thiophene rings is 1. The van der Waals surface area contributed by atoms with Crippen molar-refractivity contribution in [2.45, 2.75) is 19.5 Å². The molecule has 5 heterocycles. The molecule has 7 rings (SSSR count). The van der Waals surface area contributed by atoms with Gasteiger partial charge in [0, 0.05) is 58.6 Å². The minimum atomic E-state index is 0.613. The largest absolute Gasteiger partial charge is 0.431 e. The first kappa shape index (κ1) is 19.2. The van der Waals surface area contributed by atoms with Gasteiger partial charge in [0.1, 0.15) is 5.75 Å². The Morgan fingerprint density at radius 2 is 1.94 bits per heavy atom. The zero-order valence-corrected chi connectivity index (χ0v) is 19.4. The van der Waals surface area contributed by atoms with Crippen molar-refractivity contribution in [3.05, 3.63) is 83.0 Å². The summed E-state index contributed by atoms with van der Waals surface area (Å²) < 4.78 is 8.48. The molecule has 0 spiro atoms. The molecule has 0 saturated carbocycles. The van der Waals surface area contributed by atoms with Crippen LogP contribution in [0.25, 0.3) is 31.3 Å². The topological polar surface area (TPSA) is 54.0 Å². The number of H-pyrrole nitrogens is 1. The van der Waals surface area contributed by atoms with Gasteiger partial charge in [0.2, 0.25) is 0 Å². The van der Waals surface area contributed by atoms with E-state index in [1.165, 1.54) is 37.9 Å². The summed E-state index contributed by atoms with van der Waals surface area (Å²) in [5.74, 6) is 0.780. The SMILES string of the molecule is c1cnc2nc(Oc3ccc4c(CN5CCc6sc7ccccc7c6C5)c[nH]c4c3)sc2c1. The van der Waals surface area contributed by atoms with Gasteiger partial charge in [0.25, 0.3) is 5.19 Å². The lowest BCUT2D eigenvalue weighted by Gasteiger charge is -2.26. The van der Waals surface area contributed by atoms with Crippen molar-refractivity contribution >= 4 is 54.0 Å². The molecule has 33 heavy (non-hydrogen) atoms. The molecule has 4 aromatic heterocycles. The Morgan fingerprint density at radius 3 is 2.91 bits per heavy atom. The Hall–Kier alpha value is -3.26. The lowest BCUT2D eigenvalue weighted by Crippen LogP contribution is -2.29. The molecule has 0 atom stereocenters. The van der Waals surface area contributed by atoms with Crippen LogP contribution in [-0.2, 0) is 19.5 Å². The van der Waals surface area contributed by atoms with Crippen LogP contribution in [0.2, 0.25) is 0 Å². The number of pyridine rings is 1. The van der Waals surface area contributed by atoms with Crippen LogP contribution in [0.5, 0.6) is 10.9 Å². The van der Waals surface area contributed by atoms with Crippen molar-refractivity contribution in [3.63, 3.8) is 0 Å². The molecule has 0 aliphatic carbocycles. The van der Waals surface area contributed by atoms with Gasteiger partial charge in [-0.15, -0.1) is 11.3 Å². The number of thiazole rings is 1. The first-order valence-electron chi connectivity index (χ1n) is 11.0. The molecule has 1 aliphatic rings. The number of aromatic nitrogens is 3. The van der Waals surface area contributed by atoms with E-state index in [1.807, 2.05) is 29.5 Å². The van der Waals surface area contributed by atoms with Gasteiger partial charge in [-0.2, -0.15) is 4.98 Å². The van der Waals surface area contributed by atoms with E-state index in [2.05, 4.69) is 62.4 Å². The zero-order valence-electron chi connectivity index (χ0n) is 17.7. The third-order valence-corrected chi connectivity index (χ3v) is 8.46. The molecule has 0 radical (unpaired) electrons. The van der Waals surface area contributed by atoms with E-state index in [-0.39, 0.29) is 0 Å². The Morgan fingerprint density at radius 1 is 1.00 bits per heavy atom. The van der Waals surface area contributed by atoms with Crippen molar-refractivity contribution in [1.82, 2.24) is 19.9 Å². The van der Waals surface area contributed by atoms with Crippen LogP contribution >= 0.6 is 22.7 Å². The van der Waals surface area contributed by atoms with Gasteiger partial charge in [-0.1, -0.05) is 29.5 Å². The van der Waals surface area contributed by atoms with E-state index in [1.54, 1.807) is 11.1 Å². The molecule has 1 aliphatic heterocycles. The average Bonchev–Trinajstić information content (AvgIpc) is 3.53. The second-order valence-electron chi connectivity index (χ2n) is 8.39. The van der Waals surface area contributed by atoms with Crippen molar-refractivity contribution in [2.24, 2.45) is 0 Å². The van der Waals surface area contributed by atoms with E-state index in [4.69, 9.17) is 4.74 Å². The molecule has 7 heteroatoms. The van der Waals surface area contributed by atoms with E-state index in [0.717, 1.165) is 47.7 Å². The fourth-order valence-corrected chi connectivity index (χ4v) is 6.72. The maximum absolute atomic E-state index is 6.04. The predicted molar refractivity (Wildman–Crippen MR) is 135 cm³/mol. The molecule has 0 bridgehead atoms. The number of benzene rings is 2. The third-order valence-electron chi connectivity index (χ3n) is 6.30. The summed E-state index contributed by atoms with van der Waals surface area (Å²) in [7, 11) is 0. The summed E-state index contributed by atoms with van der Waals surface area (Å²) in [5.41, 5.74) is 4.65. The summed E-state index contributed by atoms with van der Waals surface area (Å²) in [5, 5.41) is 3.28. The molecule has 0 saturated heterocycles. The van der Waals surface area contributed by atoms with Crippen LogP contribution in [-0.4, -0.2) is 26.4 Å². The Labute approximate surface area is 198 Å². The van der Waals surface area contributed by atoms with E-state index in [9.17, 15) is 0 Å². The van der Waals surface area contributed by atoms with E-state index < -0.39 is 0 Å². The summed E-state index contributed by atoms with van der Waals surface area (Å²) in [4.78, 5) is 16.3. The van der Waals surface area contributed by atoms with Crippen molar-refractivity contribution in [2.75, 3.05) is 6.54 Å². The number of nitrogens with one attached hydrogen (secondary N) is 1. The fraction of sp³-hybridized carbons (Fsp3) is 0.154. The van der Waals surface area contributed by atoms with Gasteiger partial charge in [-0.25, -0.2) is 4.98 Å². The number of aromatic amines is 1. The van der Waals surface area contributed by atoms with Crippen LogP contribution in [0, 0.1) is 0 Å². The zero-order chi connectivity index (χ0) is 21.8. The molecule has 0 fully saturated rings. The smallest absolute Gasteiger partial charge is 0.281 e. The van der Waals surface area contributed by atoms with Crippen LogP contribution in [0.15, 0.2) is 67.0 Å². The summed E-state index contributed by atoms with van der Waals surface area (Å²) in [6, 6.07) is 19.0. The monoisotopic (exact) mass is 468 g/mol. The first-order valence-corrected chi connectivity index (χ1v) is 12.6. The van der Waals surface area contributed by atoms with E-state index >= 15 is 0 Å². The number of rotatable bonds is 4.